The summed E-state index contributed by atoms with van der Waals surface area (Å²) in [6.07, 6.45) is 2.98. The van der Waals surface area contributed by atoms with Gasteiger partial charge in [0, 0.05) is 12.4 Å². The van der Waals surface area contributed by atoms with E-state index < -0.39 is 26.6 Å². The Labute approximate surface area is 266 Å². The Kier molecular flexibility index (Phi) is 9.63. The number of hydrogen-bond acceptors (Lipinski definition) is 10. The van der Waals surface area contributed by atoms with Crippen molar-refractivity contribution in [3.05, 3.63) is 72.6 Å². The number of anilines is 1. The Bertz CT molecular complexity index is 1820. The number of nitrogens with zero attached hydrogens (tertiary/aromatic N) is 5. The van der Waals surface area contributed by atoms with Crippen LogP contribution in [0.25, 0.3) is 11.6 Å². The highest BCUT2D eigenvalue weighted by molar-refractivity contribution is 8.01. The van der Waals surface area contributed by atoms with Gasteiger partial charge in [-0.15, -0.1) is 0 Å². The number of ether oxygens (including phenoxy) is 2. The zero-order valence-electron chi connectivity index (χ0n) is 25.6. The molecular formula is C30H34N8O5S2. The lowest BCUT2D eigenvalue weighted by Crippen LogP contribution is -2.32. The molecule has 45 heavy (non-hydrogen) atoms. The number of methoxy groups -OCH3 is 1. The molecule has 0 aliphatic carbocycles. The van der Waals surface area contributed by atoms with Gasteiger partial charge in [0.15, 0.2) is 29.1 Å². The van der Waals surface area contributed by atoms with Gasteiger partial charge in [-0.05, 0) is 55.2 Å². The van der Waals surface area contributed by atoms with Crippen molar-refractivity contribution in [3.63, 3.8) is 0 Å². The Morgan fingerprint density at radius 2 is 1.51 bits per heavy atom. The van der Waals surface area contributed by atoms with Crippen molar-refractivity contribution in [3.8, 4) is 28.9 Å². The van der Waals surface area contributed by atoms with Crippen molar-refractivity contribution in [1.82, 2.24) is 19.9 Å². The minimum Gasteiger partial charge on any atom is -0.493 e. The first-order valence-electron chi connectivity index (χ1n) is 13.6. The molecule has 5 N–H and O–H groups in total. The van der Waals surface area contributed by atoms with Gasteiger partial charge in [0.2, 0.25) is 11.6 Å². The molecule has 2 heterocycles. The molecule has 0 aliphatic heterocycles. The van der Waals surface area contributed by atoms with Gasteiger partial charge in [-0.3, -0.25) is 9.52 Å². The molecule has 0 atom stereocenters. The molecule has 0 bridgehead atoms. The standard InChI is InChI=1S/C30H34N8O5S2/c1-29(2,3)18-12-14-19(15-13-18)45(40,41)38-23-22(43-21-11-8-7-10-20(21)42-6)26(44-30(4,5)27(39)37-28(31)32)36-25(35-23)24-33-16-9-17-34-24/h7-17H,1-6H3,(H,35,36,38)(H4,31,32,37,39). The summed E-state index contributed by atoms with van der Waals surface area (Å²) in [6, 6.07) is 14.9. The fourth-order valence-electron chi connectivity index (χ4n) is 3.85. The highest BCUT2D eigenvalue weighted by atomic mass is 32.2. The van der Waals surface area contributed by atoms with Crippen LogP contribution in [0.1, 0.15) is 40.2 Å². The topological polar surface area (TPSA) is 198 Å². The molecule has 0 fully saturated rings. The van der Waals surface area contributed by atoms with Gasteiger partial charge < -0.3 is 20.9 Å². The fourth-order valence-corrected chi connectivity index (χ4v) is 5.83. The van der Waals surface area contributed by atoms with E-state index >= 15 is 0 Å². The predicted octanol–water partition coefficient (Wildman–Crippen LogP) is 4.50. The number of benzene rings is 2. The van der Waals surface area contributed by atoms with Gasteiger partial charge >= 0.3 is 0 Å². The zero-order valence-corrected chi connectivity index (χ0v) is 27.2. The molecule has 0 radical (unpaired) electrons. The Hall–Kier alpha value is -4.76. The van der Waals surface area contributed by atoms with Crippen LogP contribution in [-0.4, -0.2) is 52.1 Å². The first-order valence-corrected chi connectivity index (χ1v) is 15.9. The fraction of sp³-hybridized carbons (Fsp3) is 0.267. The minimum absolute atomic E-state index is 0.00710. The number of aliphatic imine (C=N–C) groups is 1. The molecule has 236 valence electrons. The lowest BCUT2D eigenvalue weighted by atomic mass is 9.87. The smallest absolute Gasteiger partial charge is 0.264 e. The highest BCUT2D eigenvalue weighted by Crippen LogP contribution is 2.45. The average molecular weight is 651 g/mol. The van der Waals surface area contributed by atoms with Crippen molar-refractivity contribution in [2.24, 2.45) is 16.5 Å². The number of nitrogens with one attached hydrogen (secondary N) is 1. The zero-order chi connectivity index (χ0) is 33.0. The molecule has 4 aromatic rings. The lowest BCUT2D eigenvalue weighted by molar-refractivity contribution is -0.119. The van der Waals surface area contributed by atoms with Gasteiger partial charge in [-0.1, -0.05) is 56.8 Å². The minimum atomic E-state index is -4.22. The summed E-state index contributed by atoms with van der Waals surface area (Å²) >= 11 is 0.930. The van der Waals surface area contributed by atoms with Crippen LogP contribution < -0.4 is 25.7 Å². The van der Waals surface area contributed by atoms with Crippen molar-refractivity contribution < 1.29 is 22.7 Å². The van der Waals surface area contributed by atoms with Crippen LogP contribution in [0.4, 0.5) is 5.82 Å². The highest BCUT2D eigenvalue weighted by Gasteiger charge is 2.34. The lowest BCUT2D eigenvalue weighted by Gasteiger charge is -2.23. The first-order chi connectivity index (χ1) is 21.1. The molecule has 13 nitrogen and oxygen atoms in total. The number of amides is 1. The monoisotopic (exact) mass is 650 g/mol. The Morgan fingerprint density at radius 1 is 0.889 bits per heavy atom. The quantitative estimate of drug-likeness (QED) is 0.0941. The second kappa shape index (κ2) is 13.1. The van der Waals surface area contributed by atoms with Crippen molar-refractivity contribution >= 4 is 39.5 Å². The molecule has 2 aromatic heterocycles. The van der Waals surface area contributed by atoms with E-state index in [0.29, 0.717) is 5.75 Å². The van der Waals surface area contributed by atoms with Crippen LogP contribution in [0.3, 0.4) is 0 Å². The molecule has 0 saturated carbocycles. The van der Waals surface area contributed by atoms with E-state index in [0.717, 1.165) is 17.3 Å². The number of rotatable bonds is 10. The second-order valence-corrected chi connectivity index (χ2v) is 14.5. The summed E-state index contributed by atoms with van der Waals surface area (Å²) < 4.78 is 40.5. The average Bonchev–Trinajstić information content (AvgIpc) is 2.98. The third-order valence-corrected chi connectivity index (χ3v) is 8.75. The van der Waals surface area contributed by atoms with Crippen LogP contribution >= 0.6 is 11.8 Å². The number of nitrogens with two attached hydrogens (primary N) is 2. The Morgan fingerprint density at radius 3 is 2.09 bits per heavy atom. The molecular weight excluding hydrogens is 617 g/mol. The number of aromatic nitrogens is 4. The molecule has 15 heteroatoms. The second-order valence-electron chi connectivity index (χ2n) is 11.2. The summed E-state index contributed by atoms with van der Waals surface area (Å²) in [7, 11) is -2.76. The van der Waals surface area contributed by atoms with Gasteiger partial charge in [0.25, 0.3) is 15.9 Å². The van der Waals surface area contributed by atoms with Crippen molar-refractivity contribution in [2.75, 3.05) is 11.8 Å². The molecule has 0 aliphatic rings. The molecule has 2 aromatic carbocycles. The number of hydrogen-bond donors (Lipinski definition) is 3. The van der Waals surface area contributed by atoms with E-state index in [2.05, 4.69) is 29.7 Å². The third kappa shape index (κ3) is 8.05. The summed E-state index contributed by atoms with van der Waals surface area (Å²) in [5.74, 6) is -0.749. The number of guanidine groups is 1. The number of carbonyl (C=O) groups excluding carboxylic acids is 1. The SMILES string of the molecule is COc1ccccc1Oc1c(NS(=O)(=O)c2ccc(C(C)(C)C)cc2)nc(-c2ncccn2)nc1SC(C)(C)C(=O)N=C(N)N. The van der Waals surface area contributed by atoms with Crippen LogP contribution in [0, 0.1) is 0 Å². The summed E-state index contributed by atoms with van der Waals surface area (Å²) in [5, 5.41) is 0.0725. The number of thioether (sulfide) groups is 1. The molecule has 0 spiro atoms. The van der Waals surface area contributed by atoms with Crippen LogP contribution in [0.2, 0.25) is 0 Å². The number of para-hydroxylation sites is 2. The number of sulfonamides is 1. The Balaban J connectivity index is 1.94. The van der Waals surface area contributed by atoms with Crippen molar-refractivity contribution in [1.29, 1.82) is 0 Å². The van der Waals surface area contributed by atoms with E-state index in [9.17, 15) is 13.2 Å². The molecule has 0 saturated heterocycles. The normalized spacial score (nSPS) is 11.9. The van der Waals surface area contributed by atoms with Crippen molar-refractivity contribution in [2.45, 2.75) is 54.7 Å². The maximum Gasteiger partial charge on any atom is 0.264 e. The van der Waals surface area contributed by atoms with Gasteiger partial charge in [0.05, 0.1) is 16.8 Å². The summed E-state index contributed by atoms with van der Waals surface area (Å²) in [6.45, 7) is 9.26. The molecule has 0 unspecified atom stereocenters. The first kappa shape index (κ1) is 33.1. The molecule has 4 rings (SSSR count). The van der Waals surface area contributed by atoms with Gasteiger partial charge in [0.1, 0.15) is 5.03 Å². The number of carbonyl (C=O) groups is 1. The van der Waals surface area contributed by atoms with E-state index in [1.54, 1.807) is 56.3 Å². The van der Waals surface area contributed by atoms with Crippen LogP contribution in [-0.2, 0) is 20.2 Å². The molecule has 1 amide bonds. The van der Waals surface area contributed by atoms with E-state index in [1.807, 2.05) is 20.8 Å². The van der Waals surface area contributed by atoms with E-state index in [4.69, 9.17) is 20.9 Å². The van der Waals surface area contributed by atoms with Gasteiger partial charge in [-0.2, -0.15) is 4.99 Å². The maximum atomic E-state index is 13.8. The predicted molar refractivity (Wildman–Crippen MR) is 173 cm³/mol. The maximum absolute atomic E-state index is 13.8. The largest absolute Gasteiger partial charge is 0.493 e. The van der Waals surface area contributed by atoms with Crippen LogP contribution in [0.5, 0.6) is 17.2 Å². The summed E-state index contributed by atoms with van der Waals surface area (Å²) in [5.41, 5.74) is 11.7. The third-order valence-electron chi connectivity index (χ3n) is 6.24. The van der Waals surface area contributed by atoms with E-state index in [1.165, 1.54) is 31.6 Å². The van der Waals surface area contributed by atoms with Gasteiger partial charge in [-0.25, -0.2) is 28.4 Å². The van der Waals surface area contributed by atoms with Crippen LogP contribution in [0.15, 0.2) is 81.9 Å². The summed E-state index contributed by atoms with van der Waals surface area (Å²) in [4.78, 5) is 34.2. The van der Waals surface area contributed by atoms with E-state index in [-0.39, 0.29) is 44.3 Å².